The number of aliphatic hydroxyl groups excluding tert-OH is 1. The van der Waals surface area contributed by atoms with Crippen LogP contribution >= 0.6 is 11.8 Å². The topological polar surface area (TPSA) is 76.4 Å². The molecule has 7 heteroatoms. The number of ether oxygens (including phenoxy) is 1. The lowest BCUT2D eigenvalue weighted by atomic mass is 10.2. The van der Waals surface area contributed by atoms with Gasteiger partial charge in [-0.2, -0.15) is 0 Å². The van der Waals surface area contributed by atoms with Crippen molar-refractivity contribution in [2.45, 2.75) is 18.3 Å². The van der Waals surface area contributed by atoms with E-state index in [0.29, 0.717) is 25.4 Å². The van der Waals surface area contributed by atoms with Gasteiger partial charge >= 0.3 is 0 Å². The summed E-state index contributed by atoms with van der Waals surface area (Å²) in [7, 11) is 1.59. The second kappa shape index (κ2) is 9.34. The summed E-state index contributed by atoms with van der Waals surface area (Å²) in [5.74, 6) is 0.215. The normalized spacial score (nSPS) is 10.7. The van der Waals surface area contributed by atoms with Crippen LogP contribution in [-0.4, -0.2) is 46.6 Å². The van der Waals surface area contributed by atoms with E-state index in [4.69, 9.17) is 4.74 Å². The van der Waals surface area contributed by atoms with Crippen molar-refractivity contribution >= 4 is 17.7 Å². The molecule has 1 amide bonds. The molecule has 0 fully saturated rings. The van der Waals surface area contributed by atoms with Gasteiger partial charge in [-0.05, 0) is 5.56 Å². The molecule has 2 rings (SSSR count). The Morgan fingerprint density at radius 2 is 2.17 bits per heavy atom. The van der Waals surface area contributed by atoms with E-state index in [1.54, 1.807) is 7.11 Å². The number of aliphatic hydroxyl groups is 1. The first-order valence-corrected chi connectivity index (χ1v) is 8.30. The maximum Gasteiger partial charge on any atom is 0.230 e. The summed E-state index contributed by atoms with van der Waals surface area (Å²) in [5, 5.41) is 12.8. The third-order valence-corrected chi connectivity index (χ3v) is 4.10. The SMILES string of the molecule is COCCNC(=O)CSc1nc(CO)cn1Cc1ccccc1. The Labute approximate surface area is 139 Å². The Hall–Kier alpha value is -1.83. The predicted molar refractivity (Wildman–Crippen MR) is 89.3 cm³/mol. The Kier molecular flexibility index (Phi) is 7.12. The summed E-state index contributed by atoms with van der Waals surface area (Å²) in [6.45, 7) is 1.53. The fourth-order valence-corrected chi connectivity index (χ4v) is 2.84. The molecule has 0 atom stereocenters. The molecule has 0 spiro atoms. The Balaban J connectivity index is 1.97. The fraction of sp³-hybridized carbons (Fsp3) is 0.375. The van der Waals surface area contributed by atoms with Gasteiger partial charge in [-0.15, -0.1) is 0 Å². The van der Waals surface area contributed by atoms with Crippen molar-refractivity contribution in [2.75, 3.05) is 26.0 Å². The van der Waals surface area contributed by atoms with Crippen molar-refractivity contribution in [1.29, 1.82) is 0 Å². The Bertz CT molecular complexity index is 616. The van der Waals surface area contributed by atoms with E-state index in [2.05, 4.69) is 10.3 Å². The average molecular weight is 335 g/mol. The van der Waals surface area contributed by atoms with Gasteiger partial charge in [0.25, 0.3) is 0 Å². The van der Waals surface area contributed by atoms with Crippen LogP contribution in [0.2, 0.25) is 0 Å². The Morgan fingerprint density at radius 3 is 2.87 bits per heavy atom. The van der Waals surface area contributed by atoms with Gasteiger partial charge in [0, 0.05) is 26.4 Å². The van der Waals surface area contributed by atoms with E-state index in [-0.39, 0.29) is 18.3 Å². The highest BCUT2D eigenvalue weighted by Gasteiger charge is 2.11. The first-order chi connectivity index (χ1) is 11.2. The summed E-state index contributed by atoms with van der Waals surface area (Å²) in [6, 6.07) is 10.00. The predicted octanol–water partition coefficient (Wildman–Crippen LogP) is 1.28. The summed E-state index contributed by atoms with van der Waals surface area (Å²) < 4.78 is 6.84. The van der Waals surface area contributed by atoms with E-state index in [1.807, 2.05) is 41.1 Å². The maximum atomic E-state index is 11.8. The van der Waals surface area contributed by atoms with Crippen LogP contribution in [0, 0.1) is 0 Å². The fourth-order valence-electron chi connectivity index (χ4n) is 2.01. The molecule has 0 aliphatic rings. The van der Waals surface area contributed by atoms with Crippen LogP contribution in [0.1, 0.15) is 11.3 Å². The zero-order valence-electron chi connectivity index (χ0n) is 13.1. The standard InChI is InChI=1S/C16H21N3O3S/c1-22-8-7-17-15(21)12-23-16-18-14(11-20)10-19(16)9-13-5-3-2-4-6-13/h2-6,10,20H,7-9,11-12H2,1H3,(H,17,21). The molecule has 1 aromatic carbocycles. The van der Waals surface area contributed by atoms with E-state index in [0.717, 1.165) is 10.7 Å². The van der Waals surface area contributed by atoms with Crippen LogP contribution in [0.15, 0.2) is 41.7 Å². The minimum Gasteiger partial charge on any atom is -0.390 e. The van der Waals surface area contributed by atoms with Gasteiger partial charge in [-0.3, -0.25) is 4.79 Å². The number of thioether (sulfide) groups is 1. The molecule has 1 heterocycles. The van der Waals surface area contributed by atoms with Crippen molar-refractivity contribution in [1.82, 2.24) is 14.9 Å². The van der Waals surface area contributed by atoms with Crippen molar-refractivity contribution in [3.8, 4) is 0 Å². The molecule has 1 aromatic heterocycles. The van der Waals surface area contributed by atoms with Gasteiger partial charge < -0.3 is 19.7 Å². The number of aromatic nitrogens is 2. The van der Waals surface area contributed by atoms with Crippen molar-refractivity contribution in [2.24, 2.45) is 0 Å². The van der Waals surface area contributed by atoms with Gasteiger partial charge in [0.05, 0.1) is 24.7 Å². The molecule has 124 valence electrons. The summed E-state index contributed by atoms with van der Waals surface area (Å²) >= 11 is 1.36. The summed E-state index contributed by atoms with van der Waals surface area (Å²) in [6.07, 6.45) is 1.82. The minimum absolute atomic E-state index is 0.0631. The maximum absolute atomic E-state index is 11.8. The molecule has 0 bridgehead atoms. The van der Waals surface area contributed by atoms with E-state index < -0.39 is 0 Å². The molecule has 2 N–H and O–H groups in total. The number of methoxy groups -OCH3 is 1. The summed E-state index contributed by atoms with van der Waals surface area (Å²) in [5.41, 5.74) is 1.74. The van der Waals surface area contributed by atoms with Crippen LogP contribution in [-0.2, 0) is 22.7 Å². The molecular weight excluding hydrogens is 314 g/mol. The molecule has 0 saturated carbocycles. The quantitative estimate of drug-likeness (QED) is 0.533. The number of amides is 1. The highest BCUT2D eigenvalue weighted by molar-refractivity contribution is 7.99. The third kappa shape index (κ3) is 5.70. The second-order valence-electron chi connectivity index (χ2n) is 4.92. The monoisotopic (exact) mass is 335 g/mol. The first-order valence-electron chi connectivity index (χ1n) is 7.32. The van der Waals surface area contributed by atoms with Gasteiger partial charge in [0.15, 0.2) is 5.16 Å². The zero-order valence-corrected chi connectivity index (χ0v) is 13.9. The number of rotatable bonds is 9. The minimum atomic E-state index is -0.116. The van der Waals surface area contributed by atoms with Gasteiger partial charge in [0.2, 0.25) is 5.91 Å². The number of nitrogens with zero attached hydrogens (tertiary/aromatic N) is 2. The third-order valence-electron chi connectivity index (χ3n) is 3.11. The number of carbonyl (C=O) groups excluding carboxylic acids is 1. The van der Waals surface area contributed by atoms with Crippen LogP contribution in [0.25, 0.3) is 0 Å². The molecule has 2 aromatic rings. The van der Waals surface area contributed by atoms with Crippen molar-refractivity contribution in [3.05, 3.63) is 47.8 Å². The van der Waals surface area contributed by atoms with Crippen LogP contribution in [0.5, 0.6) is 0 Å². The number of benzene rings is 1. The molecule has 0 radical (unpaired) electrons. The highest BCUT2D eigenvalue weighted by Crippen LogP contribution is 2.19. The molecule has 6 nitrogen and oxygen atoms in total. The van der Waals surface area contributed by atoms with Crippen LogP contribution < -0.4 is 5.32 Å². The molecule has 0 aliphatic heterocycles. The molecular formula is C16H21N3O3S. The average Bonchev–Trinajstić information content (AvgIpc) is 2.96. The number of hydrogen-bond donors (Lipinski definition) is 2. The number of imidazole rings is 1. The van der Waals surface area contributed by atoms with E-state index >= 15 is 0 Å². The van der Waals surface area contributed by atoms with Crippen molar-refractivity contribution < 1.29 is 14.6 Å². The van der Waals surface area contributed by atoms with Crippen molar-refractivity contribution in [3.63, 3.8) is 0 Å². The lowest BCUT2D eigenvalue weighted by Gasteiger charge is -2.08. The van der Waals surface area contributed by atoms with Gasteiger partial charge in [0.1, 0.15) is 0 Å². The molecule has 0 unspecified atom stereocenters. The zero-order chi connectivity index (χ0) is 16.5. The molecule has 23 heavy (non-hydrogen) atoms. The number of hydrogen-bond acceptors (Lipinski definition) is 5. The lowest BCUT2D eigenvalue weighted by molar-refractivity contribution is -0.118. The smallest absolute Gasteiger partial charge is 0.230 e. The molecule has 0 saturated heterocycles. The van der Waals surface area contributed by atoms with Gasteiger partial charge in [-0.25, -0.2) is 4.98 Å². The van der Waals surface area contributed by atoms with E-state index in [9.17, 15) is 9.90 Å². The van der Waals surface area contributed by atoms with Crippen LogP contribution in [0.3, 0.4) is 0 Å². The summed E-state index contributed by atoms with van der Waals surface area (Å²) in [4.78, 5) is 16.1. The highest BCUT2D eigenvalue weighted by atomic mass is 32.2. The first kappa shape index (κ1) is 17.5. The second-order valence-corrected chi connectivity index (χ2v) is 5.86. The number of carbonyl (C=O) groups is 1. The Morgan fingerprint density at radius 1 is 1.39 bits per heavy atom. The lowest BCUT2D eigenvalue weighted by Crippen LogP contribution is -2.28. The van der Waals surface area contributed by atoms with E-state index in [1.165, 1.54) is 11.8 Å². The van der Waals surface area contributed by atoms with Gasteiger partial charge in [-0.1, -0.05) is 42.1 Å². The number of nitrogens with one attached hydrogen (secondary N) is 1. The largest absolute Gasteiger partial charge is 0.390 e. The van der Waals surface area contributed by atoms with Crippen LogP contribution in [0.4, 0.5) is 0 Å². The molecule has 0 aliphatic carbocycles.